The Morgan fingerprint density at radius 3 is 2.14 bits per heavy atom. The Bertz CT molecular complexity index is 305. The molecular weight excluding hydrogens is 194 g/mol. The van der Waals surface area contributed by atoms with Crippen LogP contribution in [0.1, 0.15) is 30.9 Å². The average molecular weight is 210 g/mol. The molecule has 1 aromatic rings. The van der Waals surface area contributed by atoms with E-state index >= 15 is 0 Å². The number of benzene rings is 1. The molecule has 0 radical (unpaired) electrons. The van der Waals surface area contributed by atoms with Crippen LogP contribution >= 0.6 is 12.4 Å². The lowest BCUT2D eigenvalue weighted by molar-refractivity contribution is -0.126. The van der Waals surface area contributed by atoms with Gasteiger partial charge < -0.3 is 5.73 Å². The Hall–Kier alpha value is -0.530. The molecule has 0 heterocycles. The third kappa shape index (κ3) is 1.19. The van der Waals surface area contributed by atoms with Crippen molar-refractivity contribution in [2.45, 2.75) is 25.3 Å². The molecule has 1 aromatic carbocycles. The highest BCUT2D eigenvalue weighted by atomic mass is 35.5. The van der Waals surface area contributed by atoms with Crippen molar-refractivity contribution in [1.82, 2.24) is 0 Å². The first-order valence-electron chi connectivity index (χ1n) is 5.11. The summed E-state index contributed by atoms with van der Waals surface area (Å²) in [5.41, 5.74) is 8.10. The monoisotopic (exact) mass is 209 g/mol. The Kier molecular flexibility index (Phi) is 2.32. The van der Waals surface area contributed by atoms with E-state index in [-0.39, 0.29) is 12.4 Å². The molecule has 76 valence electrons. The summed E-state index contributed by atoms with van der Waals surface area (Å²) in [6.45, 7) is 0. The first kappa shape index (κ1) is 10.0. The minimum atomic E-state index is 0. The van der Waals surface area contributed by atoms with E-state index in [1.165, 1.54) is 24.8 Å². The van der Waals surface area contributed by atoms with Crippen LogP contribution in [-0.4, -0.2) is 0 Å². The topological polar surface area (TPSA) is 26.0 Å². The van der Waals surface area contributed by atoms with Crippen molar-refractivity contribution in [3.05, 3.63) is 35.9 Å². The molecule has 3 saturated carbocycles. The largest absolute Gasteiger partial charge is 0.323 e. The van der Waals surface area contributed by atoms with Crippen LogP contribution in [0.5, 0.6) is 0 Å². The van der Waals surface area contributed by atoms with Crippen molar-refractivity contribution < 1.29 is 0 Å². The van der Waals surface area contributed by atoms with E-state index in [9.17, 15) is 0 Å². The Morgan fingerprint density at radius 2 is 1.71 bits per heavy atom. The minimum Gasteiger partial charge on any atom is -0.323 e. The molecule has 0 aliphatic heterocycles. The van der Waals surface area contributed by atoms with E-state index in [1.54, 1.807) is 0 Å². The second-order valence-corrected chi connectivity index (χ2v) is 4.73. The van der Waals surface area contributed by atoms with Gasteiger partial charge in [-0.3, -0.25) is 0 Å². The molecule has 3 aliphatic carbocycles. The lowest BCUT2D eigenvalue weighted by Crippen LogP contribution is -2.57. The molecule has 4 rings (SSSR count). The Balaban J connectivity index is 0.000000750. The summed E-state index contributed by atoms with van der Waals surface area (Å²) in [5, 5.41) is 0. The van der Waals surface area contributed by atoms with Gasteiger partial charge in [-0.15, -0.1) is 12.4 Å². The highest BCUT2D eigenvalue weighted by Gasteiger charge is 2.59. The highest BCUT2D eigenvalue weighted by molar-refractivity contribution is 5.85. The van der Waals surface area contributed by atoms with Gasteiger partial charge in [0.15, 0.2) is 0 Å². The van der Waals surface area contributed by atoms with Gasteiger partial charge >= 0.3 is 0 Å². The van der Waals surface area contributed by atoms with Crippen LogP contribution in [0.2, 0.25) is 0 Å². The van der Waals surface area contributed by atoms with Crippen LogP contribution in [0, 0.1) is 11.3 Å². The smallest absolute Gasteiger partial charge is 0.0352 e. The van der Waals surface area contributed by atoms with Crippen molar-refractivity contribution in [3.63, 3.8) is 0 Å². The lowest BCUT2D eigenvalue weighted by Gasteiger charge is -2.64. The molecule has 1 unspecified atom stereocenters. The first-order valence-corrected chi connectivity index (χ1v) is 5.11. The number of nitrogens with two attached hydrogens (primary N) is 1. The van der Waals surface area contributed by atoms with Crippen LogP contribution in [0.25, 0.3) is 0 Å². The molecule has 0 spiro atoms. The fourth-order valence-corrected chi connectivity index (χ4v) is 2.94. The van der Waals surface area contributed by atoms with Crippen molar-refractivity contribution in [1.29, 1.82) is 0 Å². The fourth-order valence-electron chi connectivity index (χ4n) is 2.94. The van der Waals surface area contributed by atoms with E-state index in [4.69, 9.17) is 5.73 Å². The normalized spacial score (nSPS) is 34.8. The van der Waals surface area contributed by atoms with Crippen LogP contribution in [0.4, 0.5) is 0 Å². The summed E-state index contributed by atoms with van der Waals surface area (Å²) in [5.74, 6) is 1.02. The van der Waals surface area contributed by atoms with Gasteiger partial charge in [0, 0.05) is 6.04 Å². The molecule has 3 aliphatic rings. The molecule has 1 atom stereocenters. The Morgan fingerprint density at radius 1 is 1.14 bits per heavy atom. The molecule has 2 bridgehead atoms. The fraction of sp³-hybridized carbons (Fsp3) is 0.500. The van der Waals surface area contributed by atoms with E-state index in [0.717, 1.165) is 5.92 Å². The molecule has 2 heteroatoms. The number of rotatable bonds is 2. The summed E-state index contributed by atoms with van der Waals surface area (Å²) in [4.78, 5) is 0. The summed E-state index contributed by atoms with van der Waals surface area (Å²) < 4.78 is 0. The van der Waals surface area contributed by atoms with E-state index in [0.29, 0.717) is 11.5 Å². The average Bonchev–Trinajstić information content (AvgIpc) is 2.00. The predicted octanol–water partition coefficient (Wildman–Crippen LogP) is 2.91. The SMILES string of the molecule is Cl.NC(c1ccccc1)C12CC(C1)C2. The van der Waals surface area contributed by atoms with Crippen molar-refractivity contribution in [2.24, 2.45) is 17.1 Å². The summed E-state index contributed by atoms with van der Waals surface area (Å²) >= 11 is 0. The van der Waals surface area contributed by atoms with E-state index in [2.05, 4.69) is 30.3 Å². The van der Waals surface area contributed by atoms with E-state index < -0.39 is 0 Å². The van der Waals surface area contributed by atoms with Gasteiger partial charge in [-0.05, 0) is 36.2 Å². The number of hydrogen-bond donors (Lipinski definition) is 1. The maximum Gasteiger partial charge on any atom is 0.0352 e. The highest BCUT2D eigenvalue weighted by Crippen LogP contribution is 2.68. The maximum absolute atomic E-state index is 6.27. The lowest BCUT2D eigenvalue weighted by atomic mass is 9.41. The van der Waals surface area contributed by atoms with Gasteiger partial charge in [0.1, 0.15) is 0 Å². The van der Waals surface area contributed by atoms with Crippen molar-refractivity contribution in [2.75, 3.05) is 0 Å². The van der Waals surface area contributed by atoms with Gasteiger partial charge in [0.2, 0.25) is 0 Å². The van der Waals surface area contributed by atoms with Crippen molar-refractivity contribution >= 4 is 12.4 Å². The molecule has 0 amide bonds. The van der Waals surface area contributed by atoms with Gasteiger partial charge in [-0.25, -0.2) is 0 Å². The van der Waals surface area contributed by atoms with Crippen molar-refractivity contribution in [3.8, 4) is 0 Å². The van der Waals surface area contributed by atoms with Crippen LogP contribution in [0.15, 0.2) is 30.3 Å². The maximum atomic E-state index is 6.27. The molecule has 14 heavy (non-hydrogen) atoms. The predicted molar refractivity (Wildman–Crippen MR) is 60.4 cm³/mol. The quantitative estimate of drug-likeness (QED) is 0.797. The molecular formula is C12H16ClN. The zero-order chi connectivity index (χ0) is 8.89. The molecule has 3 fully saturated rings. The first-order chi connectivity index (χ1) is 6.30. The van der Waals surface area contributed by atoms with Crippen LogP contribution < -0.4 is 5.73 Å². The summed E-state index contributed by atoms with van der Waals surface area (Å²) in [6.07, 6.45) is 4.13. The second kappa shape index (κ2) is 3.25. The number of halogens is 1. The molecule has 0 saturated heterocycles. The zero-order valence-corrected chi connectivity index (χ0v) is 8.96. The minimum absolute atomic E-state index is 0. The second-order valence-electron chi connectivity index (χ2n) is 4.73. The van der Waals surface area contributed by atoms with E-state index in [1.807, 2.05) is 0 Å². The van der Waals surface area contributed by atoms with Gasteiger partial charge in [-0.2, -0.15) is 0 Å². The van der Waals surface area contributed by atoms with Crippen LogP contribution in [-0.2, 0) is 0 Å². The van der Waals surface area contributed by atoms with Gasteiger partial charge in [0.05, 0.1) is 0 Å². The summed E-state index contributed by atoms with van der Waals surface area (Å²) in [6, 6.07) is 10.8. The molecule has 0 aromatic heterocycles. The zero-order valence-electron chi connectivity index (χ0n) is 8.15. The van der Waals surface area contributed by atoms with Crippen LogP contribution in [0.3, 0.4) is 0 Å². The standard InChI is InChI=1S/C12H15N.ClH/c13-11(10-4-2-1-3-5-10)12-6-9(7-12)8-12;/h1-5,9,11H,6-8,13H2;1H. The molecule has 1 nitrogen and oxygen atoms in total. The third-order valence-electron chi connectivity index (χ3n) is 3.90. The Labute approximate surface area is 91.1 Å². The summed E-state index contributed by atoms with van der Waals surface area (Å²) in [7, 11) is 0. The third-order valence-corrected chi connectivity index (χ3v) is 3.90. The molecule has 2 N–H and O–H groups in total. The van der Waals surface area contributed by atoms with Gasteiger partial charge in [0.25, 0.3) is 0 Å². The number of hydrogen-bond acceptors (Lipinski definition) is 1. The van der Waals surface area contributed by atoms with Gasteiger partial charge in [-0.1, -0.05) is 30.3 Å².